The van der Waals surface area contributed by atoms with Crippen LogP contribution in [0.2, 0.25) is 0 Å². The van der Waals surface area contributed by atoms with E-state index in [2.05, 4.69) is 114 Å². The van der Waals surface area contributed by atoms with Gasteiger partial charge in [-0.15, -0.1) is 0 Å². The molecule has 5 rings (SSSR count). The highest BCUT2D eigenvalue weighted by atomic mass is 15.3. The van der Waals surface area contributed by atoms with Crippen LogP contribution >= 0.6 is 0 Å². The molecule has 0 bridgehead atoms. The number of aryl methyl sites for hydroxylation is 2. The molecule has 4 aromatic carbocycles. The van der Waals surface area contributed by atoms with Gasteiger partial charge in [0.05, 0.1) is 17.1 Å². The molecule has 214 valence electrons. The molecule has 0 amide bonds. The fourth-order valence-corrected chi connectivity index (χ4v) is 4.57. The van der Waals surface area contributed by atoms with Crippen molar-refractivity contribution < 1.29 is 0 Å². The quantitative estimate of drug-likeness (QED) is 0.204. The summed E-state index contributed by atoms with van der Waals surface area (Å²) in [6.45, 7) is 12.6. The summed E-state index contributed by atoms with van der Waals surface area (Å²) in [5, 5.41) is 4.95. The van der Waals surface area contributed by atoms with Gasteiger partial charge < -0.3 is 5.73 Å². The third-order valence-electron chi connectivity index (χ3n) is 7.30. The van der Waals surface area contributed by atoms with Crippen LogP contribution < -0.4 is 5.73 Å². The first-order valence-electron chi connectivity index (χ1n) is 14.6. The van der Waals surface area contributed by atoms with E-state index in [4.69, 9.17) is 15.8 Å². The summed E-state index contributed by atoms with van der Waals surface area (Å²) >= 11 is 0. The Kier molecular flexibility index (Phi) is 9.93. The van der Waals surface area contributed by atoms with E-state index in [1.807, 2.05) is 47.3 Å². The zero-order valence-electron chi connectivity index (χ0n) is 25.7. The molecule has 0 aliphatic heterocycles. The van der Waals surface area contributed by atoms with Gasteiger partial charge in [0.15, 0.2) is 0 Å². The molecule has 0 aliphatic rings. The van der Waals surface area contributed by atoms with Crippen molar-refractivity contribution in [3.8, 4) is 27.9 Å². The number of aliphatic imine (C=N–C) groups is 1. The molecule has 0 radical (unpaired) electrons. The van der Waals surface area contributed by atoms with Gasteiger partial charge in [0.25, 0.3) is 0 Å². The maximum absolute atomic E-state index is 6.61. The summed E-state index contributed by atoms with van der Waals surface area (Å²) in [6.07, 6.45) is 6.93. The average molecular weight is 555 g/mol. The molecule has 4 heteroatoms. The van der Waals surface area contributed by atoms with Crippen LogP contribution in [-0.2, 0) is 5.41 Å². The number of rotatable bonds is 7. The van der Waals surface area contributed by atoms with Crippen molar-refractivity contribution in [1.82, 2.24) is 9.78 Å². The molecule has 0 atom stereocenters. The minimum absolute atomic E-state index is 0.469. The highest BCUT2D eigenvalue weighted by molar-refractivity contribution is 5.78. The number of benzene rings is 4. The van der Waals surface area contributed by atoms with Crippen LogP contribution in [0.3, 0.4) is 0 Å². The monoisotopic (exact) mass is 554 g/mol. The minimum Gasteiger partial charge on any atom is -0.401 e. The van der Waals surface area contributed by atoms with Gasteiger partial charge in [-0.05, 0) is 85.4 Å². The number of allylic oxidation sites excluding steroid dienone is 2. The molecular weight excluding hydrogens is 512 g/mol. The van der Waals surface area contributed by atoms with Gasteiger partial charge in [0.2, 0.25) is 0 Å². The maximum atomic E-state index is 6.61. The molecule has 2 N–H and O–H groups in total. The van der Waals surface area contributed by atoms with Crippen LogP contribution in [0.15, 0.2) is 126 Å². The Hall–Kier alpha value is -4.70. The molecule has 0 aliphatic carbocycles. The van der Waals surface area contributed by atoms with Gasteiger partial charge in [-0.1, -0.05) is 105 Å². The smallest absolute Gasteiger partial charge is 0.0743 e. The van der Waals surface area contributed by atoms with E-state index in [-0.39, 0.29) is 0 Å². The van der Waals surface area contributed by atoms with Gasteiger partial charge in [-0.2, -0.15) is 5.10 Å². The molecule has 0 saturated carbocycles. The van der Waals surface area contributed by atoms with Crippen LogP contribution in [0.25, 0.3) is 27.9 Å². The Morgan fingerprint density at radius 3 is 1.90 bits per heavy atom. The van der Waals surface area contributed by atoms with Crippen molar-refractivity contribution in [3.63, 3.8) is 0 Å². The lowest BCUT2D eigenvalue weighted by atomic mass is 9.86. The average Bonchev–Trinajstić information content (AvgIpc) is 3.51. The van der Waals surface area contributed by atoms with Crippen LogP contribution in [0, 0.1) is 13.8 Å². The van der Waals surface area contributed by atoms with E-state index in [1.165, 1.54) is 17.5 Å². The van der Waals surface area contributed by atoms with Gasteiger partial charge in [0.1, 0.15) is 0 Å². The third-order valence-corrected chi connectivity index (χ3v) is 7.30. The van der Waals surface area contributed by atoms with Gasteiger partial charge >= 0.3 is 0 Å². The fraction of sp³-hybridized carbons (Fsp3) is 0.211. The third kappa shape index (κ3) is 7.13. The second-order valence-corrected chi connectivity index (χ2v) is 11.1. The first-order chi connectivity index (χ1) is 20.2. The topological polar surface area (TPSA) is 56.2 Å². The summed E-state index contributed by atoms with van der Waals surface area (Å²) in [5.74, 6) is 0. The Morgan fingerprint density at radius 2 is 1.31 bits per heavy atom. The fourth-order valence-electron chi connectivity index (χ4n) is 4.57. The lowest BCUT2D eigenvalue weighted by molar-refractivity contribution is 0.584. The molecular formula is C38H42N4. The molecule has 0 spiro atoms. The molecule has 1 aromatic heterocycles. The minimum atomic E-state index is -0.469. The molecule has 42 heavy (non-hydrogen) atoms. The van der Waals surface area contributed by atoms with Crippen LogP contribution in [0.4, 0.5) is 5.69 Å². The zero-order chi connectivity index (χ0) is 30.1. The van der Waals surface area contributed by atoms with Gasteiger partial charge in [-0.25, -0.2) is 4.68 Å². The molecule has 0 fully saturated rings. The van der Waals surface area contributed by atoms with Crippen molar-refractivity contribution in [2.45, 2.75) is 53.4 Å². The summed E-state index contributed by atoms with van der Waals surface area (Å²) in [5.41, 5.74) is 16.6. The van der Waals surface area contributed by atoms with E-state index in [1.54, 1.807) is 6.21 Å². The lowest BCUT2D eigenvalue weighted by Gasteiger charge is -2.23. The van der Waals surface area contributed by atoms with E-state index < -0.39 is 5.41 Å². The Labute approximate surface area is 251 Å². The Morgan fingerprint density at radius 1 is 0.762 bits per heavy atom. The van der Waals surface area contributed by atoms with Crippen molar-refractivity contribution in [3.05, 3.63) is 138 Å². The Balaban J connectivity index is 0.00000129. The van der Waals surface area contributed by atoms with E-state index in [9.17, 15) is 0 Å². The highest BCUT2D eigenvalue weighted by Crippen LogP contribution is 2.30. The van der Waals surface area contributed by atoms with Crippen molar-refractivity contribution in [2.75, 3.05) is 0 Å². The highest BCUT2D eigenvalue weighted by Gasteiger charge is 2.26. The maximum Gasteiger partial charge on any atom is 0.0743 e. The van der Waals surface area contributed by atoms with Crippen molar-refractivity contribution >= 4 is 11.9 Å². The summed E-state index contributed by atoms with van der Waals surface area (Å²) in [7, 11) is 0. The van der Waals surface area contributed by atoms with Crippen LogP contribution in [0.1, 0.15) is 50.9 Å². The second kappa shape index (κ2) is 13.8. The second-order valence-electron chi connectivity index (χ2n) is 11.1. The van der Waals surface area contributed by atoms with Crippen molar-refractivity contribution in [1.29, 1.82) is 0 Å². The molecule has 1 heterocycles. The predicted octanol–water partition coefficient (Wildman–Crippen LogP) is 9.76. The van der Waals surface area contributed by atoms with E-state index >= 15 is 0 Å². The predicted molar refractivity (Wildman–Crippen MR) is 180 cm³/mol. The van der Waals surface area contributed by atoms with Crippen LogP contribution in [-0.4, -0.2) is 16.0 Å². The van der Waals surface area contributed by atoms with Crippen molar-refractivity contribution in [2.24, 2.45) is 10.7 Å². The zero-order valence-corrected chi connectivity index (χ0v) is 25.7. The molecule has 0 saturated heterocycles. The largest absolute Gasteiger partial charge is 0.401 e. The first-order valence-corrected chi connectivity index (χ1v) is 14.6. The first kappa shape index (κ1) is 30.3. The summed E-state index contributed by atoms with van der Waals surface area (Å²) < 4.78 is 1.94. The molecule has 4 nitrogen and oxygen atoms in total. The SMILES string of the molecule is CCC.Cc1ccc(-c2ccccc2)cc1N=C/C=C(\N)C(C)(C)c1ccn(-c2cc(-c3ccccc3)ccc2C)n1. The summed E-state index contributed by atoms with van der Waals surface area (Å²) in [6, 6.07) is 35.6. The van der Waals surface area contributed by atoms with Crippen LogP contribution in [0.5, 0.6) is 0 Å². The number of nitrogens with two attached hydrogens (primary N) is 1. The van der Waals surface area contributed by atoms with Gasteiger partial charge in [0, 0.05) is 23.5 Å². The van der Waals surface area contributed by atoms with E-state index in [0.717, 1.165) is 39.3 Å². The number of hydrogen-bond donors (Lipinski definition) is 1. The number of nitrogens with zero attached hydrogens (tertiary/aromatic N) is 3. The number of aromatic nitrogens is 2. The lowest BCUT2D eigenvalue weighted by Crippen LogP contribution is -2.27. The molecule has 0 unspecified atom stereocenters. The normalized spacial score (nSPS) is 11.8. The number of hydrogen-bond acceptors (Lipinski definition) is 3. The Bertz CT molecular complexity index is 1660. The standard InChI is InChI=1S/C35H34N4.C3H8/c1-25-15-17-29(27-11-7-5-8-12-27)23-31(25)37-21-19-33(36)35(3,4)34-20-22-39(38-34)32-24-30(18-16-26(32)2)28-13-9-6-10-14-28;1-3-2/h5-24H,36H2,1-4H3;3H2,1-2H3/b33-19-,37-21?;. The van der Waals surface area contributed by atoms with E-state index in [0.29, 0.717) is 5.70 Å². The summed E-state index contributed by atoms with van der Waals surface area (Å²) in [4.78, 5) is 4.73. The van der Waals surface area contributed by atoms with Gasteiger partial charge in [-0.3, -0.25) is 4.99 Å². The molecule has 5 aromatic rings.